The SMILES string of the molecule is FI(F)N=I(F)(F)c1cccc2c1c1ccc3c4c1n2-c1ccccc1B4c1ccccc1O3. The Kier molecular flexibility index (Phi) is 4.46. The molecular formula is C24H13BF4I2N2O. The molecule has 0 atom stereocenters. The summed E-state index contributed by atoms with van der Waals surface area (Å²) in [5, 5.41) is 0.931. The summed E-state index contributed by atoms with van der Waals surface area (Å²) < 4.78 is 67.2. The molecule has 0 saturated heterocycles. The monoisotopic (exact) mass is 686 g/mol. The van der Waals surface area contributed by atoms with Gasteiger partial charge in [0.05, 0.1) is 0 Å². The molecule has 10 heteroatoms. The van der Waals surface area contributed by atoms with E-state index in [4.69, 9.17) is 4.74 Å². The first-order valence-electron chi connectivity index (χ1n) is 10.4. The summed E-state index contributed by atoms with van der Waals surface area (Å²) in [6.07, 6.45) is 0. The molecule has 1 aromatic heterocycles. The van der Waals surface area contributed by atoms with Gasteiger partial charge in [-0.15, -0.1) is 0 Å². The standard InChI is InChI=1S/C24H13BF4I2N2O/c26-30(27)32-31(28,29)17-8-5-10-19-22(17)14-12-13-21-23-24(14)33(19)18-9-3-1-6-15(18)25(23)16-7-2-4-11-20(16)34-21/h1-13H. The number of benzene rings is 4. The summed E-state index contributed by atoms with van der Waals surface area (Å²) >= 11 is -11.2. The van der Waals surface area contributed by atoms with Crippen LogP contribution in [0.4, 0.5) is 11.4 Å². The van der Waals surface area contributed by atoms with Crippen LogP contribution in [0, 0.1) is 3.57 Å². The Hall–Kier alpha value is -2.48. The summed E-state index contributed by atoms with van der Waals surface area (Å²) in [6.45, 7) is -0.124. The van der Waals surface area contributed by atoms with Gasteiger partial charge in [-0.1, -0.05) is 0 Å². The Balaban J connectivity index is 1.69. The van der Waals surface area contributed by atoms with Crippen LogP contribution in [0.5, 0.6) is 11.5 Å². The third kappa shape index (κ3) is 2.75. The molecule has 0 saturated carbocycles. The summed E-state index contributed by atoms with van der Waals surface area (Å²) in [7, 11) is 0. The Morgan fingerprint density at radius 2 is 1.59 bits per heavy atom. The van der Waals surface area contributed by atoms with Gasteiger partial charge >= 0.3 is 207 Å². The van der Waals surface area contributed by atoms with Crippen molar-refractivity contribution in [3.8, 4) is 17.2 Å². The van der Waals surface area contributed by atoms with Crippen LogP contribution in [0.25, 0.3) is 27.5 Å². The second kappa shape index (κ2) is 7.26. The van der Waals surface area contributed by atoms with Crippen molar-refractivity contribution >= 4 is 85.6 Å². The van der Waals surface area contributed by atoms with Crippen LogP contribution in [0.3, 0.4) is 0 Å². The predicted molar refractivity (Wildman–Crippen MR) is 146 cm³/mol. The fourth-order valence-corrected chi connectivity index (χ4v) is 11.4. The van der Waals surface area contributed by atoms with Crippen molar-refractivity contribution in [2.45, 2.75) is 0 Å². The van der Waals surface area contributed by atoms with Crippen molar-refractivity contribution in [2.24, 2.45) is 1.36 Å². The number of fused-ring (bicyclic) bond motifs is 8. The average molecular weight is 686 g/mol. The van der Waals surface area contributed by atoms with Crippen LogP contribution >= 0.6 is 40.6 Å². The van der Waals surface area contributed by atoms with E-state index in [-0.39, 0.29) is 10.3 Å². The molecule has 7 rings (SSSR count). The van der Waals surface area contributed by atoms with Gasteiger partial charge in [-0.3, -0.25) is 0 Å². The van der Waals surface area contributed by atoms with E-state index in [1.54, 1.807) is 18.2 Å². The molecule has 4 aromatic carbocycles. The Labute approximate surface area is 206 Å². The van der Waals surface area contributed by atoms with Crippen molar-refractivity contribution in [3.63, 3.8) is 0 Å². The van der Waals surface area contributed by atoms with E-state index in [1.165, 1.54) is 12.1 Å². The van der Waals surface area contributed by atoms with Crippen LogP contribution in [0.2, 0.25) is 0 Å². The Morgan fingerprint density at radius 3 is 2.41 bits per heavy atom. The molecule has 0 bridgehead atoms. The number of hydrogen-bond acceptors (Lipinski definition) is 2. The van der Waals surface area contributed by atoms with Gasteiger partial charge in [-0.2, -0.15) is 0 Å². The molecule has 34 heavy (non-hydrogen) atoms. The predicted octanol–water partition coefficient (Wildman–Crippen LogP) is 7.07. The molecule has 0 unspecified atom stereocenters. The topological polar surface area (TPSA) is 26.5 Å². The zero-order chi connectivity index (χ0) is 23.2. The molecule has 0 N–H and O–H groups in total. The molecule has 0 aliphatic carbocycles. The minimum atomic E-state index is -6.20. The second-order valence-corrected chi connectivity index (χ2v) is 15.5. The third-order valence-corrected chi connectivity index (χ3v) is 14.5. The van der Waals surface area contributed by atoms with E-state index in [2.05, 4.69) is 1.36 Å². The van der Waals surface area contributed by atoms with E-state index in [1.807, 2.05) is 53.1 Å². The van der Waals surface area contributed by atoms with Gasteiger partial charge in [0.2, 0.25) is 0 Å². The molecule has 2 aliphatic heterocycles. The number of nitrogens with zero attached hydrogens (tertiary/aromatic N) is 2. The van der Waals surface area contributed by atoms with Crippen LogP contribution in [0.1, 0.15) is 0 Å². The first kappa shape index (κ1) is 20.9. The van der Waals surface area contributed by atoms with Crippen LogP contribution in [-0.2, 0) is 0 Å². The van der Waals surface area contributed by atoms with Gasteiger partial charge in [0, 0.05) is 0 Å². The molecule has 0 spiro atoms. The number of aromatic nitrogens is 1. The van der Waals surface area contributed by atoms with Crippen molar-refractivity contribution in [1.82, 2.24) is 4.57 Å². The third-order valence-electron chi connectivity index (χ3n) is 6.50. The number of para-hydroxylation sites is 2. The summed E-state index contributed by atoms with van der Waals surface area (Å²) in [5.74, 6) is 1.44. The van der Waals surface area contributed by atoms with Gasteiger partial charge < -0.3 is 0 Å². The Morgan fingerprint density at radius 1 is 0.824 bits per heavy atom. The van der Waals surface area contributed by atoms with E-state index < -0.39 is 40.6 Å². The second-order valence-electron chi connectivity index (χ2n) is 8.13. The van der Waals surface area contributed by atoms with E-state index in [0.29, 0.717) is 22.0 Å². The van der Waals surface area contributed by atoms with Crippen molar-refractivity contribution in [1.29, 1.82) is 0 Å². The fraction of sp³-hybridized carbons (Fsp3) is 0. The van der Waals surface area contributed by atoms with Gasteiger partial charge in [-0.25, -0.2) is 0 Å². The van der Waals surface area contributed by atoms with Crippen molar-refractivity contribution < 1.29 is 16.2 Å². The summed E-state index contributed by atoms with van der Waals surface area (Å²) in [6, 6.07) is 23.9. The average Bonchev–Trinajstić information content (AvgIpc) is 3.17. The summed E-state index contributed by atoms with van der Waals surface area (Å²) in [4.78, 5) is 0. The van der Waals surface area contributed by atoms with Crippen LogP contribution in [0.15, 0.2) is 80.2 Å². The molecule has 0 radical (unpaired) electrons. The maximum absolute atomic E-state index is 15.2. The number of halogens is 6. The molecule has 5 aromatic rings. The van der Waals surface area contributed by atoms with Gasteiger partial charge in [0.15, 0.2) is 0 Å². The Bertz CT molecular complexity index is 1730. The zero-order valence-corrected chi connectivity index (χ0v) is 21.5. The maximum atomic E-state index is 15.2. The van der Waals surface area contributed by atoms with Crippen molar-refractivity contribution in [3.05, 3.63) is 82.4 Å². The normalized spacial score (nSPS) is 14.5. The number of hydrogen-bond donors (Lipinski definition) is 0. The van der Waals surface area contributed by atoms with E-state index in [9.17, 15) is 5.72 Å². The molecule has 0 amide bonds. The fourth-order valence-electron chi connectivity index (χ4n) is 5.37. The van der Waals surface area contributed by atoms with Gasteiger partial charge in [0.1, 0.15) is 0 Å². The zero-order valence-electron chi connectivity index (χ0n) is 17.2. The first-order chi connectivity index (χ1) is 16.5. The molecule has 3 nitrogen and oxygen atoms in total. The quantitative estimate of drug-likeness (QED) is 0.109. The van der Waals surface area contributed by atoms with E-state index in [0.717, 1.165) is 33.3 Å². The molecule has 170 valence electrons. The number of ether oxygens (including phenoxy) is 1. The molecule has 0 fully saturated rings. The van der Waals surface area contributed by atoms with Gasteiger partial charge in [-0.05, 0) is 0 Å². The number of rotatable bonds is 2. The molecular weight excluding hydrogens is 673 g/mol. The summed E-state index contributed by atoms with van der Waals surface area (Å²) in [5.41, 5.74) is 5.21. The molecule has 3 heterocycles. The minimum absolute atomic E-state index is 0.124. The van der Waals surface area contributed by atoms with E-state index >= 15 is 5.72 Å². The van der Waals surface area contributed by atoms with Crippen LogP contribution in [-0.4, -0.2) is 11.3 Å². The van der Waals surface area contributed by atoms with Gasteiger partial charge in [0.25, 0.3) is 0 Å². The van der Waals surface area contributed by atoms with Crippen molar-refractivity contribution in [2.75, 3.05) is 0 Å². The molecule has 2 aliphatic rings. The first-order valence-corrected chi connectivity index (χ1v) is 16.6. The van der Waals surface area contributed by atoms with Crippen LogP contribution < -0.4 is 21.1 Å².